The fourth-order valence-electron chi connectivity index (χ4n) is 4.42. The molecule has 2 aromatic carbocycles. The quantitative estimate of drug-likeness (QED) is 0.398. The molecule has 2 aromatic heterocycles. The van der Waals surface area contributed by atoms with Crippen molar-refractivity contribution in [2.45, 2.75) is 36.0 Å². The third kappa shape index (κ3) is 4.29. The van der Waals surface area contributed by atoms with Gasteiger partial charge in [-0.2, -0.15) is 0 Å². The predicted octanol–water partition coefficient (Wildman–Crippen LogP) is 3.93. The second-order valence-electron chi connectivity index (χ2n) is 9.36. The Morgan fingerprint density at radius 3 is 2.74 bits per heavy atom. The maximum absolute atomic E-state index is 12.9. The van der Waals surface area contributed by atoms with Crippen LogP contribution in [0.5, 0.6) is 5.75 Å². The van der Waals surface area contributed by atoms with Crippen LogP contribution < -0.4 is 4.74 Å². The number of sulfone groups is 1. The van der Waals surface area contributed by atoms with Crippen LogP contribution in [0.4, 0.5) is 0 Å². The van der Waals surface area contributed by atoms with Crippen molar-refractivity contribution in [2.24, 2.45) is 0 Å². The van der Waals surface area contributed by atoms with E-state index in [0.29, 0.717) is 17.2 Å². The summed E-state index contributed by atoms with van der Waals surface area (Å²) in [5.41, 5.74) is 4.31. The largest absolute Gasteiger partial charge is 0.489 e. The summed E-state index contributed by atoms with van der Waals surface area (Å²) in [5.74, 6) is 0.632. The van der Waals surface area contributed by atoms with Crippen LogP contribution in [-0.4, -0.2) is 67.0 Å². The summed E-state index contributed by atoms with van der Waals surface area (Å²) in [7, 11) is 0.511. The molecular weight excluding hydrogens is 450 g/mol. The van der Waals surface area contributed by atoms with Gasteiger partial charge in [0.25, 0.3) is 0 Å². The van der Waals surface area contributed by atoms with Gasteiger partial charge in [-0.05, 0) is 75.3 Å². The number of aryl methyl sites for hydroxylation is 1. The molecule has 0 aliphatic heterocycles. The Kier molecular flexibility index (Phi) is 5.83. The van der Waals surface area contributed by atoms with Gasteiger partial charge in [0.05, 0.1) is 27.4 Å². The number of rotatable bonds is 8. The van der Waals surface area contributed by atoms with E-state index in [-0.39, 0.29) is 11.9 Å². The molecule has 5 rings (SSSR count). The first-order valence-electron chi connectivity index (χ1n) is 11.4. The first-order valence-corrected chi connectivity index (χ1v) is 13.0. The maximum Gasteiger partial charge on any atom is 0.181 e. The summed E-state index contributed by atoms with van der Waals surface area (Å²) in [6.07, 6.45) is 2.64. The highest BCUT2D eigenvalue weighted by Gasteiger charge is 2.37. The number of nitrogens with one attached hydrogen (secondary N) is 1. The minimum atomic E-state index is -3.30. The Labute approximate surface area is 199 Å². The topological polar surface area (TPSA) is 95.5 Å². The lowest BCUT2D eigenvalue weighted by Gasteiger charge is -2.17. The normalized spacial score (nSPS) is 15.3. The van der Waals surface area contributed by atoms with Gasteiger partial charge in [0.2, 0.25) is 0 Å². The van der Waals surface area contributed by atoms with E-state index < -0.39 is 15.9 Å². The Morgan fingerprint density at radius 2 is 2.00 bits per heavy atom. The number of ether oxygens (including phenoxy) is 1. The number of hydrogen-bond donors (Lipinski definition) is 2. The van der Waals surface area contributed by atoms with E-state index in [4.69, 9.17) is 4.74 Å². The van der Waals surface area contributed by atoms with E-state index >= 15 is 0 Å². The molecule has 34 heavy (non-hydrogen) atoms. The molecule has 2 N–H and O–H groups in total. The lowest BCUT2D eigenvalue weighted by Crippen LogP contribution is -2.30. The summed E-state index contributed by atoms with van der Waals surface area (Å²) in [4.78, 5) is 10.1. The fraction of sp³-hybridized carbons (Fsp3) is 0.346. The summed E-state index contributed by atoms with van der Waals surface area (Å²) in [6, 6.07) is 13.1. The number of H-pyrrole nitrogens is 1. The van der Waals surface area contributed by atoms with E-state index in [1.165, 1.54) is 0 Å². The zero-order valence-corrected chi connectivity index (χ0v) is 20.4. The smallest absolute Gasteiger partial charge is 0.181 e. The van der Waals surface area contributed by atoms with Gasteiger partial charge in [-0.25, -0.2) is 8.42 Å². The average Bonchev–Trinajstić information content (AvgIpc) is 3.59. The molecule has 0 amide bonds. The minimum absolute atomic E-state index is 0.161. The molecule has 178 valence electrons. The van der Waals surface area contributed by atoms with Gasteiger partial charge in [-0.1, -0.05) is 12.1 Å². The highest BCUT2D eigenvalue weighted by atomic mass is 32.2. The summed E-state index contributed by atoms with van der Waals surface area (Å²) < 4.78 is 31.8. The second kappa shape index (κ2) is 8.69. The molecule has 0 saturated heterocycles. The van der Waals surface area contributed by atoms with Crippen molar-refractivity contribution in [1.29, 1.82) is 0 Å². The third-order valence-corrected chi connectivity index (χ3v) is 8.44. The van der Waals surface area contributed by atoms with Gasteiger partial charge in [0.15, 0.2) is 9.84 Å². The number of aliphatic hydroxyl groups excluding tert-OH is 1. The SMILES string of the molecule is Cc1cc2c(cn1)[nH]c1c(OC[C@@H](O)CN(C)C)ccc(-c3cccc(S(=O)(=O)C4CC4)c3)c12. The molecule has 0 spiro atoms. The Bertz CT molecular complexity index is 1470. The monoisotopic (exact) mass is 479 g/mol. The molecule has 0 bridgehead atoms. The minimum Gasteiger partial charge on any atom is -0.489 e. The van der Waals surface area contributed by atoms with Crippen LogP contribution in [0.2, 0.25) is 0 Å². The standard InChI is InChI=1S/C26H29N3O4S/c1-16-11-22-23(13-27-16)28-26-24(33-15-18(30)14-29(2)3)10-9-21(25(22)26)17-5-4-6-20(12-17)34(31,32)19-7-8-19/h4-6,9-13,18-19,28,30H,7-8,14-15H2,1-3H3/t18-/m0/s1. The van der Waals surface area contributed by atoms with E-state index in [0.717, 1.165) is 51.5 Å². The van der Waals surface area contributed by atoms with Crippen LogP contribution in [-0.2, 0) is 9.84 Å². The van der Waals surface area contributed by atoms with Crippen LogP contribution in [0.25, 0.3) is 32.9 Å². The number of aliphatic hydroxyl groups is 1. The van der Waals surface area contributed by atoms with Gasteiger partial charge >= 0.3 is 0 Å². The Morgan fingerprint density at radius 1 is 1.21 bits per heavy atom. The fourth-order valence-corrected chi connectivity index (χ4v) is 6.12. The number of nitrogens with zero attached hydrogens (tertiary/aromatic N) is 2. The molecule has 1 atom stereocenters. The van der Waals surface area contributed by atoms with E-state index in [2.05, 4.69) is 9.97 Å². The lowest BCUT2D eigenvalue weighted by molar-refractivity contribution is 0.0837. The number of fused-ring (bicyclic) bond motifs is 3. The summed E-state index contributed by atoms with van der Waals surface area (Å²) in [6.45, 7) is 2.60. The van der Waals surface area contributed by atoms with Crippen LogP contribution in [0.1, 0.15) is 18.5 Å². The lowest BCUT2D eigenvalue weighted by atomic mass is 9.99. The molecule has 1 aliphatic rings. The van der Waals surface area contributed by atoms with Crippen LogP contribution in [0.3, 0.4) is 0 Å². The van der Waals surface area contributed by atoms with Crippen molar-refractivity contribution in [2.75, 3.05) is 27.2 Å². The van der Waals surface area contributed by atoms with Crippen molar-refractivity contribution >= 4 is 31.6 Å². The molecule has 0 unspecified atom stereocenters. The molecule has 2 heterocycles. The number of aromatic nitrogens is 2. The van der Waals surface area contributed by atoms with Crippen molar-refractivity contribution in [3.8, 4) is 16.9 Å². The van der Waals surface area contributed by atoms with Gasteiger partial charge < -0.3 is 19.7 Å². The number of hydrogen-bond acceptors (Lipinski definition) is 6. The molecular formula is C26H29N3O4S. The second-order valence-corrected chi connectivity index (χ2v) is 11.6. The van der Waals surface area contributed by atoms with E-state index in [9.17, 15) is 13.5 Å². The molecule has 4 aromatic rings. The van der Waals surface area contributed by atoms with Crippen molar-refractivity contribution in [3.05, 3.63) is 54.4 Å². The van der Waals surface area contributed by atoms with Crippen molar-refractivity contribution in [1.82, 2.24) is 14.9 Å². The average molecular weight is 480 g/mol. The maximum atomic E-state index is 12.9. The Balaban J connectivity index is 1.63. The summed E-state index contributed by atoms with van der Waals surface area (Å²) >= 11 is 0. The number of likely N-dealkylation sites (N-methyl/N-ethyl adjacent to an activating group) is 1. The first kappa shape index (κ1) is 22.8. The molecule has 8 heteroatoms. The Hall–Kier alpha value is -2.94. The predicted molar refractivity (Wildman–Crippen MR) is 134 cm³/mol. The van der Waals surface area contributed by atoms with Crippen LogP contribution in [0, 0.1) is 6.92 Å². The molecule has 0 radical (unpaired) electrons. The summed E-state index contributed by atoms with van der Waals surface area (Å²) in [5, 5.41) is 12.0. The first-order chi connectivity index (χ1) is 16.2. The van der Waals surface area contributed by atoms with Gasteiger partial charge in [0.1, 0.15) is 18.5 Å². The van der Waals surface area contributed by atoms with Gasteiger partial charge in [-0.3, -0.25) is 4.98 Å². The zero-order chi connectivity index (χ0) is 24.0. The van der Waals surface area contributed by atoms with Crippen molar-refractivity contribution in [3.63, 3.8) is 0 Å². The number of aromatic amines is 1. The van der Waals surface area contributed by atoms with Crippen LogP contribution in [0.15, 0.2) is 53.6 Å². The zero-order valence-electron chi connectivity index (χ0n) is 19.6. The number of pyridine rings is 1. The highest BCUT2D eigenvalue weighted by molar-refractivity contribution is 7.92. The molecule has 1 aliphatic carbocycles. The highest BCUT2D eigenvalue weighted by Crippen LogP contribution is 2.41. The van der Waals surface area contributed by atoms with Crippen LogP contribution >= 0.6 is 0 Å². The molecule has 1 fully saturated rings. The van der Waals surface area contributed by atoms with E-state index in [1.807, 2.05) is 50.2 Å². The van der Waals surface area contributed by atoms with Gasteiger partial charge in [-0.15, -0.1) is 0 Å². The van der Waals surface area contributed by atoms with Gasteiger partial charge in [0, 0.05) is 23.0 Å². The molecule has 7 nitrogen and oxygen atoms in total. The van der Waals surface area contributed by atoms with Crippen molar-refractivity contribution < 1.29 is 18.3 Å². The number of benzene rings is 2. The third-order valence-electron chi connectivity index (χ3n) is 6.18. The van der Waals surface area contributed by atoms with E-state index in [1.54, 1.807) is 24.4 Å². The molecule has 1 saturated carbocycles.